The average Bonchev–Trinajstić information content (AvgIpc) is 2.63. The van der Waals surface area contributed by atoms with E-state index in [1.807, 2.05) is 12.1 Å². The van der Waals surface area contributed by atoms with Gasteiger partial charge in [0.1, 0.15) is 0 Å². The van der Waals surface area contributed by atoms with E-state index in [0.29, 0.717) is 22.3 Å². The maximum Gasteiger partial charge on any atom is 0.178 e. The number of anilines is 1. The van der Waals surface area contributed by atoms with E-state index in [1.54, 1.807) is 19.1 Å². The molecule has 1 N–H and O–H groups in total. The highest BCUT2D eigenvalue weighted by Gasteiger charge is 2.36. The molecule has 0 bridgehead atoms. The van der Waals surface area contributed by atoms with Crippen molar-refractivity contribution >= 4 is 15.5 Å². The average molecular weight is 295 g/mol. The normalized spacial score (nSPS) is 25.6. The lowest BCUT2D eigenvalue weighted by atomic mass is 9.91. The third-order valence-electron chi connectivity index (χ3n) is 4.28. The molecule has 0 aromatic heterocycles. The van der Waals surface area contributed by atoms with Crippen molar-refractivity contribution in [2.75, 3.05) is 11.1 Å². The molecule has 0 amide bonds. The highest BCUT2D eigenvalue weighted by atomic mass is 32.2. The van der Waals surface area contributed by atoms with Crippen LogP contribution in [0, 0.1) is 11.3 Å². The second-order valence-corrected chi connectivity index (χ2v) is 9.01. The summed E-state index contributed by atoms with van der Waals surface area (Å²) in [6.07, 6.45) is 2.39. The van der Waals surface area contributed by atoms with Gasteiger partial charge in [0, 0.05) is 11.7 Å². The molecule has 112 valence electrons. The topological polar surface area (TPSA) is 46.2 Å². The summed E-state index contributed by atoms with van der Waals surface area (Å²) in [4.78, 5) is 0.408. The molecular weight excluding hydrogens is 270 g/mol. The van der Waals surface area contributed by atoms with Gasteiger partial charge in [0.2, 0.25) is 0 Å². The van der Waals surface area contributed by atoms with Crippen LogP contribution in [-0.4, -0.2) is 20.2 Å². The van der Waals surface area contributed by atoms with Crippen molar-refractivity contribution in [3.05, 3.63) is 24.3 Å². The molecule has 2 rings (SSSR count). The zero-order chi connectivity index (χ0) is 15.0. The van der Waals surface area contributed by atoms with Gasteiger partial charge in [-0.2, -0.15) is 0 Å². The Balaban J connectivity index is 2.09. The first kappa shape index (κ1) is 15.4. The standard InChI is InChI=1S/C16H25NO2S/c1-5-20(18,19)14-8-6-13(7-9-14)17-15-11-16(3,4)10-12(15)2/h6-9,12,15,17H,5,10-11H2,1-4H3. The molecule has 1 aliphatic carbocycles. The maximum atomic E-state index is 11.8. The zero-order valence-electron chi connectivity index (χ0n) is 12.8. The number of hydrogen-bond donors (Lipinski definition) is 1. The summed E-state index contributed by atoms with van der Waals surface area (Å²) in [5.74, 6) is 0.789. The molecule has 1 aliphatic rings. The second kappa shape index (κ2) is 5.40. The van der Waals surface area contributed by atoms with Gasteiger partial charge in [-0.25, -0.2) is 8.42 Å². The van der Waals surface area contributed by atoms with Crippen molar-refractivity contribution in [1.29, 1.82) is 0 Å². The lowest BCUT2D eigenvalue weighted by Crippen LogP contribution is -2.22. The predicted octanol–water partition coefficient (Wildman–Crippen LogP) is 3.72. The van der Waals surface area contributed by atoms with Crippen molar-refractivity contribution in [3.63, 3.8) is 0 Å². The van der Waals surface area contributed by atoms with Crippen LogP contribution in [0.3, 0.4) is 0 Å². The number of benzene rings is 1. The van der Waals surface area contributed by atoms with E-state index >= 15 is 0 Å². The molecule has 0 heterocycles. The van der Waals surface area contributed by atoms with E-state index in [-0.39, 0.29) is 5.75 Å². The van der Waals surface area contributed by atoms with Crippen LogP contribution in [0.15, 0.2) is 29.2 Å². The van der Waals surface area contributed by atoms with E-state index in [2.05, 4.69) is 26.1 Å². The van der Waals surface area contributed by atoms with Gasteiger partial charge >= 0.3 is 0 Å². The Morgan fingerprint density at radius 3 is 2.25 bits per heavy atom. The van der Waals surface area contributed by atoms with Gasteiger partial charge in [-0.15, -0.1) is 0 Å². The van der Waals surface area contributed by atoms with Crippen molar-refractivity contribution in [2.45, 2.75) is 51.5 Å². The van der Waals surface area contributed by atoms with Crippen molar-refractivity contribution in [3.8, 4) is 0 Å². The van der Waals surface area contributed by atoms with Crippen molar-refractivity contribution in [2.24, 2.45) is 11.3 Å². The Bertz CT molecular complexity index is 561. The Kier molecular flexibility index (Phi) is 4.14. The number of hydrogen-bond acceptors (Lipinski definition) is 3. The molecule has 2 atom stereocenters. The summed E-state index contributed by atoms with van der Waals surface area (Å²) in [6, 6.07) is 7.62. The maximum absolute atomic E-state index is 11.8. The Hall–Kier alpha value is -1.03. The van der Waals surface area contributed by atoms with E-state index in [4.69, 9.17) is 0 Å². The van der Waals surface area contributed by atoms with Gasteiger partial charge in [-0.3, -0.25) is 0 Å². The third kappa shape index (κ3) is 3.35. The molecule has 1 fully saturated rings. The number of rotatable bonds is 4. The first-order valence-corrected chi connectivity index (χ1v) is 8.98. The van der Waals surface area contributed by atoms with E-state index in [1.165, 1.54) is 6.42 Å². The van der Waals surface area contributed by atoms with E-state index < -0.39 is 9.84 Å². The van der Waals surface area contributed by atoms with Crippen LogP contribution in [0.4, 0.5) is 5.69 Å². The van der Waals surface area contributed by atoms with Crippen LogP contribution in [0.5, 0.6) is 0 Å². The smallest absolute Gasteiger partial charge is 0.178 e. The van der Waals surface area contributed by atoms with Gasteiger partial charge in [0.25, 0.3) is 0 Å². The lowest BCUT2D eigenvalue weighted by molar-refractivity contribution is 0.366. The molecule has 0 radical (unpaired) electrons. The monoisotopic (exact) mass is 295 g/mol. The molecule has 1 aromatic carbocycles. The molecule has 0 aliphatic heterocycles. The minimum atomic E-state index is -3.10. The summed E-state index contributed by atoms with van der Waals surface area (Å²) in [7, 11) is -3.10. The highest BCUT2D eigenvalue weighted by Crippen LogP contribution is 2.42. The van der Waals surface area contributed by atoms with Crippen LogP contribution < -0.4 is 5.32 Å². The van der Waals surface area contributed by atoms with Crippen LogP contribution in [0.25, 0.3) is 0 Å². The highest BCUT2D eigenvalue weighted by molar-refractivity contribution is 7.91. The van der Waals surface area contributed by atoms with Crippen LogP contribution >= 0.6 is 0 Å². The van der Waals surface area contributed by atoms with Gasteiger partial charge in [-0.1, -0.05) is 27.7 Å². The first-order valence-electron chi connectivity index (χ1n) is 7.33. The predicted molar refractivity (Wildman–Crippen MR) is 83.8 cm³/mol. The van der Waals surface area contributed by atoms with Gasteiger partial charge in [0.15, 0.2) is 9.84 Å². The molecule has 0 saturated heterocycles. The molecule has 1 aromatic rings. The summed E-state index contributed by atoms with van der Waals surface area (Å²) in [5, 5.41) is 3.55. The fourth-order valence-corrected chi connectivity index (χ4v) is 4.11. The molecule has 4 heteroatoms. The Labute approximate surface area is 122 Å². The Morgan fingerprint density at radius 1 is 1.20 bits per heavy atom. The summed E-state index contributed by atoms with van der Waals surface area (Å²) in [6.45, 7) is 8.57. The summed E-state index contributed by atoms with van der Waals surface area (Å²) < 4.78 is 23.5. The first-order chi connectivity index (χ1) is 9.23. The van der Waals surface area contributed by atoms with Crippen LogP contribution in [-0.2, 0) is 9.84 Å². The second-order valence-electron chi connectivity index (χ2n) is 6.73. The van der Waals surface area contributed by atoms with Crippen LogP contribution in [0.1, 0.15) is 40.5 Å². The molecule has 0 spiro atoms. The molecular formula is C16H25NO2S. The van der Waals surface area contributed by atoms with E-state index in [9.17, 15) is 8.42 Å². The summed E-state index contributed by atoms with van der Waals surface area (Å²) >= 11 is 0. The van der Waals surface area contributed by atoms with E-state index in [0.717, 1.165) is 12.1 Å². The van der Waals surface area contributed by atoms with Crippen LogP contribution in [0.2, 0.25) is 0 Å². The van der Waals surface area contributed by atoms with Gasteiger partial charge in [-0.05, 0) is 48.4 Å². The molecule has 1 saturated carbocycles. The molecule has 3 nitrogen and oxygen atoms in total. The fraction of sp³-hybridized carbons (Fsp3) is 0.625. The van der Waals surface area contributed by atoms with Gasteiger partial charge < -0.3 is 5.32 Å². The summed E-state index contributed by atoms with van der Waals surface area (Å²) in [5.41, 5.74) is 1.40. The lowest BCUT2D eigenvalue weighted by Gasteiger charge is -2.20. The quantitative estimate of drug-likeness (QED) is 0.921. The fourth-order valence-electron chi connectivity index (χ4n) is 3.23. The molecule has 2 unspecified atom stereocenters. The van der Waals surface area contributed by atoms with Crippen molar-refractivity contribution < 1.29 is 8.42 Å². The Morgan fingerprint density at radius 2 is 1.80 bits per heavy atom. The minimum absolute atomic E-state index is 0.146. The largest absolute Gasteiger partial charge is 0.382 e. The minimum Gasteiger partial charge on any atom is -0.382 e. The zero-order valence-corrected chi connectivity index (χ0v) is 13.6. The van der Waals surface area contributed by atoms with Gasteiger partial charge in [0.05, 0.1) is 10.6 Å². The van der Waals surface area contributed by atoms with Crippen molar-refractivity contribution in [1.82, 2.24) is 0 Å². The number of sulfone groups is 1. The molecule has 20 heavy (non-hydrogen) atoms. The number of nitrogens with one attached hydrogen (secondary N) is 1. The SMILES string of the molecule is CCS(=O)(=O)c1ccc(NC2CC(C)(C)CC2C)cc1. The third-order valence-corrected chi connectivity index (χ3v) is 6.03.